The third-order valence-electron chi connectivity index (χ3n) is 7.46. The number of pyridine rings is 1. The van der Waals surface area contributed by atoms with E-state index in [0.29, 0.717) is 50.7 Å². The highest BCUT2D eigenvalue weighted by Gasteiger charge is 2.22. The Bertz CT molecular complexity index is 2060. The van der Waals surface area contributed by atoms with Crippen molar-refractivity contribution in [2.45, 2.75) is 31.1 Å². The number of aromatic nitrogens is 1. The summed E-state index contributed by atoms with van der Waals surface area (Å²) in [6.45, 7) is 6.15. The van der Waals surface area contributed by atoms with Crippen LogP contribution in [0.4, 0.5) is 33.4 Å². The van der Waals surface area contributed by atoms with Crippen molar-refractivity contribution in [2.24, 2.45) is 0 Å². The van der Waals surface area contributed by atoms with E-state index in [1.165, 1.54) is 25.1 Å². The number of carbonyl (C=O) groups is 2. The number of hydrogen-bond acceptors (Lipinski definition) is 8. The van der Waals surface area contributed by atoms with Crippen molar-refractivity contribution >= 4 is 74.1 Å². The van der Waals surface area contributed by atoms with Crippen LogP contribution in [-0.4, -0.2) is 45.9 Å². The molecule has 0 bridgehead atoms. The van der Waals surface area contributed by atoms with Gasteiger partial charge in [0.25, 0.3) is 0 Å². The minimum absolute atomic E-state index is 0.233. The molecule has 0 radical (unpaired) electrons. The van der Waals surface area contributed by atoms with E-state index >= 15 is 0 Å². The van der Waals surface area contributed by atoms with Gasteiger partial charge in [0.1, 0.15) is 28.3 Å². The van der Waals surface area contributed by atoms with Crippen LogP contribution in [0.5, 0.6) is 17.2 Å². The summed E-state index contributed by atoms with van der Waals surface area (Å²) in [7, 11) is 0.134. The number of benzene rings is 4. The number of carbonyl (C=O) groups excluding carboxylic acids is 1. The summed E-state index contributed by atoms with van der Waals surface area (Å²) in [6.07, 6.45) is 4.96. The monoisotopic (exact) mass is 699 g/mol. The van der Waals surface area contributed by atoms with Crippen LogP contribution in [0.1, 0.15) is 36.7 Å². The van der Waals surface area contributed by atoms with Gasteiger partial charge < -0.3 is 35.3 Å². The van der Waals surface area contributed by atoms with Gasteiger partial charge in [0.2, 0.25) is 0 Å². The molecule has 254 valence electrons. The number of aromatic carboxylic acids is 1. The number of ether oxygens (including phenoxy) is 2. The van der Waals surface area contributed by atoms with E-state index in [0.717, 1.165) is 16.3 Å². The minimum Gasteiger partial charge on any atom is -0.492 e. The molecule has 11 nitrogen and oxygen atoms in total. The van der Waals surface area contributed by atoms with E-state index in [1.54, 1.807) is 48.7 Å². The van der Waals surface area contributed by atoms with Crippen LogP contribution >= 0.6 is 11.8 Å². The van der Waals surface area contributed by atoms with Crippen molar-refractivity contribution in [3.8, 4) is 17.2 Å². The van der Waals surface area contributed by atoms with Gasteiger partial charge in [-0.05, 0) is 65.8 Å². The second-order valence-electron chi connectivity index (χ2n) is 12.0. The van der Waals surface area contributed by atoms with Gasteiger partial charge in [-0.1, -0.05) is 45.0 Å². The number of amides is 2. The zero-order valence-corrected chi connectivity index (χ0v) is 29.5. The van der Waals surface area contributed by atoms with Crippen molar-refractivity contribution in [3.63, 3.8) is 0 Å². The third kappa shape index (κ3) is 8.42. The van der Waals surface area contributed by atoms with Crippen LogP contribution in [0.25, 0.3) is 10.8 Å². The largest absolute Gasteiger partial charge is 0.492 e. The summed E-state index contributed by atoms with van der Waals surface area (Å²) < 4.78 is 26.9. The number of fused-ring (bicyclic) bond motifs is 1. The zero-order chi connectivity index (χ0) is 35.3. The van der Waals surface area contributed by atoms with Gasteiger partial charge in [0.05, 0.1) is 29.7 Å². The molecule has 0 aliphatic heterocycles. The lowest BCUT2D eigenvalue weighted by molar-refractivity contribution is 0.0693. The number of urea groups is 1. The highest BCUT2D eigenvalue weighted by atomic mass is 32.2. The number of carboxylic acids is 1. The number of nitrogens with one attached hydrogen (secondary N) is 4. The topological polar surface area (TPSA) is 151 Å². The fraction of sp³-hybridized carbons (Fsp3) is 0.194. The summed E-state index contributed by atoms with van der Waals surface area (Å²) in [4.78, 5) is 29.9. The van der Waals surface area contributed by atoms with Crippen LogP contribution in [0.2, 0.25) is 0 Å². The Morgan fingerprint density at radius 3 is 2.29 bits per heavy atom. The quantitative estimate of drug-likeness (QED) is 0.0852. The third-order valence-corrected chi connectivity index (χ3v) is 8.74. The van der Waals surface area contributed by atoms with Crippen LogP contribution in [0.15, 0.2) is 90.0 Å². The molecule has 1 heterocycles. The Kier molecular flexibility index (Phi) is 10.6. The number of nitrogens with zero attached hydrogens (tertiary/aromatic N) is 1. The molecular formula is C36H37N5O6S2. The molecule has 0 saturated carbocycles. The van der Waals surface area contributed by atoms with Gasteiger partial charge in [-0.2, -0.15) is 0 Å². The summed E-state index contributed by atoms with van der Waals surface area (Å²) in [6, 6.07) is 22.8. The smallest absolute Gasteiger partial charge is 0.336 e. The second-order valence-corrected chi connectivity index (χ2v) is 13.9. The molecule has 0 saturated heterocycles. The maximum Gasteiger partial charge on any atom is 0.336 e. The number of anilines is 5. The van der Waals surface area contributed by atoms with Gasteiger partial charge in [0, 0.05) is 39.9 Å². The fourth-order valence-corrected chi connectivity index (χ4v) is 6.20. The number of thioether (sulfide) groups is 1. The Morgan fingerprint density at radius 1 is 0.898 bits per heavy atom. The lowest BCUT2D eigenvalue weighted by Crippen LogP contribution is -2.21. The van der Waals surface area contributed by atoms with Gasteiger partial charge in [-0.3, -0.25) is 0 Å². The molecule has 5 rings (SSSR count). The highest BCUT2D eigenvalue weighted by molar-refractivity contribution is 7.98. The standard InChI is InChI=1S/C36H37N5O6S2/c1-36(2,3)21-17-28(33(46-4)29(18-21)41-49(6)45)40-35(44)39-27-13-14-30(25-10-8-7-9-24(25)27)47-23-15-16-37-32(20-23)38-22-11-12-26(34(42)43)31(19-22)48-5/h7-20,41H,1-6H3,(H,37,38)(H,42,43)(H2,39,40,44). The molecule has 0 aliphatic carbocycles. The van der Waals surface area contributed by atoms with E-state index in [1.807, 2.05) is 63.4 Å². The van der Waals surface area contributed by atoms with Crippen LogP contribution in [0.3, 0.4) is 0 Å². The van der Waals surface area contributed by atoms with Crippen molar-refractivity contribution in [1.29, 1.82) is 0 Å². The number of carboxylic acid groups (broad SMARTS) is 1. The summed E-state index contributed by atoms with van der Waals surface area (Å²) in [5.74, 6) is 0.984. The van der Waals surface area contributed by atoms with E-state index in [2.05, 4.69) is 25.7 Å². The van der Waals surface area contributed by atoms with Gasteiger partial charge in [-0.15, -0.1) is 11.8 Å². The normalized spacial score (nSPS) is 11.8. The minimum atomic E-state index is -1.36. The van der Waals surface area contributed by atoms with E-state index in [-0.39, 0.29) is 11.0 Å². The van der Waals surface area contributed by atoms with Crippen molar-refractivity contribution in [1.82, 2.24) is 4.98 Å². The molecule has 1 unspecified atom stereocenters. The molecular weight excluding hydrogens is 663 g/mol. The SMILES string of the molecule is COc1c(NC(=O)Nc2ccc(Oc3ccnc(Nc4ccc(C(=O)O)c(SC)c4)c3)c3ccccc23)cc(C(C)(C)C)cc1NS(C)=O. The highest BCUT2D eigenvalue weighted by Crippen LogP contribution is 2.40. The summed E-state index contributed by atoms with van der Waals surface area (Å²) >= 11 is 1.35. The van der Waals surface area contributed by atoms with Crippen LogP contribution in [-0.2, 0) is 16.4 Å². The average Bonchev–Trinajstić information content (AvgIpc) is 3.05. The lowest BCUT2D eigenvalue weighted by atomic mass is 9.86. The Morgan fingerprint density at radius 2 is 1.61 bits per heavy atom. The first-order valence-electron chi connectivity index (χ1n) is 15.1. The molecule has 49 heavy (non-hydrogen) atoms. The van der Waals surface area contributed by atoms with Crippen molar-refractivity contribution in [3.05, 3.63) is 96.2 Å². The Balaban J connectivity index is 1.38. The van der Waals surface area contributed by atoms with Crippen LogP contribution in [0, 0.1) is 0 Å². The first-order valence-corrected chi connectivity index (χ1v) is 17.9. The number of methoxy groups -OCH3 is 1. The second kappa shape index (κ2) is 14.9. The van der Waals surface area contributed by atoms with Gasteiger partial charge in [0.15, 0.2) is 5.75 Å². The molecule has 5 N–H and O–H groups in total. The van der Waals surface area contributed by atoms with Gasteiger partial charge in [-0.25, -0.2) is 18.8 Å². The first kappa shape index (κ1) is 35.0. The van der Waals surface area contributed by atoms with Crippen LogP contribution < -0.4 is 30.1 Å². The maximum atomic E-state index is 13.4. The molecule has 1 atom stereocenters. The molecule has 2 amide bonds. The van der Waals surface area contributed by atoms with E-state index < -0.39 is 23.0 Å². The maximum absolute atomic E-state index is 13.4. The molecule has 0 fully saturated rings. The lowest BCUT2D eigenvalue weighted by Gasteiger charge is -2.24. The van der Waals surface area contributed by atoms with E-state index in [9.17, 15) is 18.9 Å². The molecule has 0 spiro atoms. The fourth-order valence-electron chi connectivity index (χ4n) is 5.11. The predicted octanol–water partition coefficient (Wildman–Crippen LogP) is 8.85. The molecule has 5 aromatic rings. The van der Waals surface area contributed by atoms with E-state index in [4.69, 9.17) is 9.47 Å². The molecule has 13 heteroatoms. The Hall–Kier alpha value is -5.27. The average molecular weight is 700 g/mol. The summed E-state index contributed by atoms with van der Waals surface area (Å²) in [5, 5.41) is 20.0. The van der Waals surface area contributed by atoms with Gasteiger partial charge >= 0.3 is 12.0 Å². The molecule has 1 aromatic heterocycles. The number of hydrogen-bond donors (Lipinski definition) is 5. The van der Waals surface area contributed by atoms with Crippen molar-refractivity contribution in [2.75, 3.05) is 40.3 Å². The summed E-state index contributed by atoms with van der Waals surface area (Å²) in [5.41, 5.74) is 3.08. The molecule has 0 aliphatic rings. The predicted molar refractivity (Wildman–Crippen MR) is 199 cm³/mol. The first-order chi connectivity index (χ1) is 23.4. The molecule has 4 aromatic carbocycles. The Labute approximate surface area is 291 Å². The zero-order valence-electron chi connectivity index (χ0n) is 27.8. The van der Waals surface area contributed by atoms with Crippen molar-refractivity contribution < 1.29 is 28.4 Å². The number of rotatable bonds is 11.